The lowest BCUT2D eigenvalue weighted by molar-refractivity contribution is -0.225. The van der Waals surface area contributed by atoms with E-state index in [1.807, 2.05) is 0 Å². The molecule has 0 aliphatic carbocycles. The van der Waals surface area contributed by atoms with Crippen LogP contribution in [-0.4, -0.2) is 46.0 Å². The Hall–Kier alpha value is -0.135. The first-order valence-electron chi connectivity index (χ1n) is 1.81. The zero-order chi connectivity index (χ0) is 6.73. The van der Waals surface area contributed by atoms with Gasteiger partial charge in [0, 0.05) is 0 Å². The van der Waals surface area contributed by atoms with Crippen molar-refractivity contribution in [2.24, 2.45) is 0 Å². The van der Waals surface area contributed by atoms with Crippen LogP contribution in [0.2, 0.25) is 0 Å². The van der Waals surface area contributed by atoms with Gasteiger partial charge in [0.15, 0.2) is 7.98 Å². The molecule has 0 aliphatic rings. The minimum atomic E-state index is -2.05. The summed E-state index contributed by atoms with van der Waals surface area (Å²) >= 11 is 0. The fraction of sp³-hybridized carbons (Fsp3) is 1.00. The average Bonchev–Trinajstić information content (AvgIpc) is 1.64. The molecule has 0 amide bonds. The fourth-order valence-electron chi connectivity index (χ4n) is 0.119. The van der Waals surface area contributed by atoms with Crippen molar-refractivity contribution in [2.75, 3.05) is 0 Å². The SMILES string of the molecule is [B]N(C(O)O)C(O)O. The zero-order valence-corrected chi connectivity index (χ0v) is 3.97. The van der Waals surface area contributed by atoms with Gasteiger partial charge in [-0.3, -0.25) is 4.81 Å². The molecule has 6 heteroatoms. The molecule has 0 atom stereocenters. The Morgan fingerprint density at radius 1 is 1.00 bits per heavy atom. The van der Waals surface area contributed by atoms with Crippen LogP contribution in [0.5, 0.6) is 0 Å². The van der Waals surface area contributed by atoms with Crippen molar-refractivity contribution < 1.29 is 20.4 Å². The number of rotatable bonds is 2. The Labute approximate surface area is 47.2 Å². The minimum Gasteiger partial charge on any atom is -0.356 e. The molecule has 0 rings (SSSR count). The van der Waals surface area contributed by atoms with Crippen LogP contribution in [0.4, 0.5) is 0 Å². The van der Waals surface area contributed by atoms with Crippen LogP contribution in [0.1, 0.15) is 0 Å². The molecule has 0 aromatic carbocycles. The van der Waals surface area contributed by atoms with Crippen molar-refractivity contribution >= 4 is 7.98 Å². The molecule has 0 saturated carbocycles. The van der Waals surface area contributed by atoms with Crippen LogP contribution in [0.15, 0.2) is 0 Å². The first-order valence-corrected chi connectivity index (χ1v) is 1.81. The molecular weight excluding hydrogens is 113 g/mol. The highest BCUT2D eigenvalue weighted by Crippen LogP contribution is 1.87. The summed E-state index contributed by atoms with van der Waals surface area (Å²) in [6.07, 6.45) is -4.09. The van der Waals surface area contributed by atoms with E-state index in [1.165, 1.54) is 0 Å². The predicted octanol–water partition coefficient (Wildman–Crippen LogP) is -3.09. The van der Waals surface area contributed by atoms with E-state index in [9.17, 15) is 0 Å². The molecule has 5 nitrogen and oxygen atoms in total. The molecule has 0 bridgehead atoms. The quantitative estimate of drug-likeness (QED) is 0.228. The van der Waals surface area contributed by atoms with Crippen LogP contribution in [0, 0.1) is 0 Å². The Kier molecular flexibility index (Phi) is 2.95. The predicted molar refractivity (Wildman–Crippen MR) is 24.0 cm³/mol. The Morgan fingerprint density at radius 3 is 1.25 bits per heavy atom. The highest BCUT2D eigenvalue weighted by Gasteiger charge is 2.11. The van der Waals surface area contributed by atoms with Crippen molar-refractivity contribution in [3.05, 3.63) is 0 Å². The molecule has 4 N–H and O–H groups in total. The lowest BCUT2D eigenvalue weighted by Crippen LogP contribution is -2.40. The Bertz CT molecular complexity index is 59.1. The minimum absolute atomic E-state index is 0.0556. The molecule has 0 spiro atoms. The summed E-state index contributed by atoms with van der Waals surface area (Å²) in [5, 5.41) is 32.1. The number of aliphatic hydroxyl groups is 4. The number of hydrogen-bond acceptors (Lipinski definition) is 5. The second-order valence-corrected chi connectivity index (χ2v) is 1.14. The van der Waals surface area contributed by atoms with Crippen LogP contribution >= 0.6 is 0 Å². The molecule has 0 saturated heterocycles. The monoisotopic (exact) mass is 119 g/mol. The van der Waals surface area contributed by atoms with Gasteiger partial charge >= 0.3 is 0 Å². The highest BCUT2D eigenvalue weighted by atomic mass is 16.5. The standard InChI is InChI=1S/C2H6BNO4/c3-4(1(5)6)2(7)8/h1-2,5-8H. The van der Waals surface area contributed by atoms with Gasteiger partial charge in [-0.25, -0.2) is 0 Å². The molecule has 0 aliphatic heterocycles. The third-order valence-electron chi connectivity index (χ3n) is 0.533. The van der Waals surface area contributed by atoms with Gasteiger partial charge in [-0.2, -0.15) is 0 Å². The van der Waals surface area contributed by atoms with Gasteiger partial charge in [0.2, 0.25) is 12.8 Å². The summed E-state index contributed by atoms with van der Waals surface area (Å²) in [7, 11) is 4.59. The van der Waals surface area contributed by atoms with Crippen LogP contribution in [0.3, 0.4) is 0 Å². The van der Waals surface area contributed by atoms with Gasteiger partial charge in [0.05, 0.1) is 0 Å². The second-order valence-electron chi connectivity index (χ2n) is 1.14. The number of nitrogens with zero attached hydrogens (tertiary/aromatic N) is 1. The van der Waals surface area contributed by atoms with Crippen LogP contribution in [0.25, 0.3) is 0 Å². The van der Waals surface area contributed by atoms with Gasteiger partial charge in [-0.1, -0.05) is 0 Å². The van der Waals surface area contributed by atoms with Crippen LogP contribution < -0.4 is 0 Å². The maximum absolute atomic E-state index is 8.03. The molecule has 0 fully saturated rings. The van der Waals surface area contributed by atoms with Crippen LogP contribution in [-0.2, 0) is 0 Å². The maximum atomic E-state index is 8.03. The molecule has 0 heterocycles. The van der Waals surface area contributed by atoms with Gasteiger partial charge in [0.1, 0.15) is 0 Å². The third kappa shape index (κ3) is 2.24. The van der Waals surface area contributed by atoms with E-state index in [-0.39, 0.29) is 4.81 Å². The Balaban J connectivity index is 3.46. The van der Waals surface area contributed by atoms with E-state index in [1.54, 1.807) is 0 Å². The highest BCUT2D eigenvalue weighted by molar-refractivity contribution is 6.04. The molecule has 46 valence electrons. The van der Waals surface area contributed by atoms with Crippen molar-refractivity contribution in [3.63, 3.8) is 0 Å². The topological polar surface area (TPSA) is 84.2 Å². The van der Waals surface area contributed by atoms with E-state index in [2.05, 4.69) is 7.98 Å². The summed E-state index contributed by atoms with van der Waals surface area (Å²) in [6.45, 7) is 0. The second kappa shape index (κ2) is 3.00. The van der Waals surface area contributed by atoms with E-state index >= 15 is 0 Å². The van der Waals surface area contributed by atoms with E-state index in [4.69, 9.17) is 20.4 Å². The lowest BCUT2D eigenvalue weighted by atomic mass is 10.3. The summed E-state index contributed by atoms with van der Waals surface area (Å²) in [5.41, 5.74) is 0. The summed E-state index contributed by atoms with van der Waals surface area (Å²) in [5.74, 6) is 0. The van der Waals surface area contributed by atoms with Gasteiger partial charge in [0.25, 0.3) is 0 Å². The number of aliphatic hydroxyl groups excluding tert-OH is 2. The van der Waals surface area contributed by atoms with Crippen molar-refractivity contribution in [1.82, 2.24) is 4.81 Å². The van der Waals surface area contributed by atoms with E-state index < -0.39 is 12.8 Å². The van der Waals surface area contributed by atoms with Gasteiger partial charge in [-0.15, -0.1) is 0 Å². The third-order valence-corrected chi connectivity index (χ3v) is 0.533. The summed E-state index contributed by atoms with van der Waals surface area (Å²) in [6, 6.07) is 0. The van der Waals surface area contributed by atoms with Crippen molar-refractivity contribution in [2.45, 2.75) is 12.8 Å². The molecule has 0 aromatic heterocycles. The molecule has 0 aromatic rings. The van der Waals surface area contributed by atoms with E-state index in [0.29, 0.717) is 0 Å². The first kappa shape index (κ1) is 7.86. The summed E-state index contributed by atoms with van der Waals surface area (Å²) in [4.78, 5) is 0.0556. The fourth-order valence-corrected chi connectivity index (χ4v) is 0.119. The van der Waals surface area contributed by atoms with E-state index in [0.717, 1.165) is 0 Å². The molecule has 2 radical (unpaired) electrons. The Morgan fingerprint density at radius 2 is 1.25 bits per heavy atom. The normalized spacial score (nSPS) is 11.9. The lowest BCUT2D eigenvalue weighted by Gasteiger charge is -2.20. The smallest absolute Gasteiger partial charge is 0.206 e. The van der Waals surface area contributed by atoms with Gasteiger partial charge in [-0.05, 0) is 0 Å². The average molecular weight is 119 g/mol. The van der Waals surface area contributed by atoms with Crippen molar-refractivity contribution in [1.29, 1.82) is 0 Å². The first-order chi connectivity index (χ1) is 3.55. The largest absolute Gasteiger partial charge is 0.356 e. The molecule has 0 unspecified atom stereocenters. The van der Waals surface area contributed by atoms with Crippen molar-refractivity contribution in [3.8, 4) is 0 Å². The molecule has 8 heavy (non-hydrogen) atoms. The van der Waals surface area contributed by atoms with Gasteiger partial charge < -0.3 is 20.4 Å². The number of hydrogen-bond donors (Lipinski definition) is 4. The molecular formula is C2H6BNO4. The zero-order valence-electron chi connectivity index (χ0n) is 3.97. The summed E-state index contributed by atoms with van der Waals surface area (Å²) < 4.78 is 0. The maximum Gasteiger partial charge on any atom is 0.206 e.